The molecule has 2 heterocycles. The van der Waals surface area contributed by atoms with Crippen molar-refractivity contribution in [3.63, 3.8) is 0 Å². The average Bonchev–Trinajstić information content (AvgIpc) is 2.41. The molecule has 1 aliphatic rings. The molecule has 2 atom stereocenters. The zero-order valence-corrected chi connectivity index (χ0v) is 12.5. The van der Waals surface area contributed by atoms with Gasteiger partial charge in [0.05, 0.1) is 11.0 Å². The number of hydrogen-bond donors (Lipinski definition) is 2. The van der Waals surface area contributed by atoms with Crippen LogP contribution in [0.25, 0.3) is 0 Å². The number of anilines is 2. The fraction of sp³-hybridized carbons (Fsp3) is 0.692. The van der Waals surface area contributed by atoms with Crippen LogP contribution in [0, 0.1) is 23.0 Å². The molecule has 116 valence electrons. The van der Waals surface area contributed by atoms with E-state index in [1.54, 1.807) is 11.8 Å². The molecule has 21 heavy (non-hydrogen) atoms. The van der Waals surface area contributed by atoms with Crippen molar-refractivity contribution >= 4 is 17.5 Å². The van der Waals surface area contributed by atoms with Crippen molar-refractivity contribution < 1.29 is 10.0 Å². The number of hydrogen-bond acceptors (Lipinski definition) is 7. The lowest BCUT2D eigenvalue weighted by Gasteiger charge is -2.34. The van der Waals surface area contributed by atoms with Gasteiger partial charge in [-0.05, 0) is 26.2 Å². The van der Waals surface area contributed by atoms with E-state index in [0.717, 1.165) is 6.42 Å². The summed E-state index contributed by atoms with van der Waals surface area (Å²) in [5.74, 6) is 0.856. The van der Waals surface area contributed by atoms with Crippen LogP contribution >= 0.6 is 0 Å². The van der Waals surface area contributed by atoms with Crippen LogP contribution in [0.5, 0.6) is 0 Å². The standard InChI is InChI=1S/C13H21N5O3/c1-4-14-13-15-9(3)11(18(20)21)12(16-13)17-6-5-8(2)10(19)7-17/h8,10,19H,4-7H2,1-3H3,(H,14,15,16). The van der Waals surface area contributed by atoms with E-state index in [4.69, 9.17) is 0 Å². The van der Waals surface area contributed by atoms with Crippen molar-refractivity contribution in [2.24, 2.45) is 5.92 Å². The molecule has 0 aromatic carbocycles. The third-order valence-corrected chi connectivity index (χ3v) is 3.78. The Labute approximate surface area is 123 Å². The topological polar surface area (TPSA) is 104 Å². The van der Waals surface area contributed by atoms with Gasteiger partial charge in [0.15, 0.2) is 0 Å². The van der Waals surface area contributed by atoms with Gasteiger partial charge in [-0.25, -0.2) is 4.98 Å². The smallest absolute Gasteiger partial charge is 0.332 e. The lowest BCUT2D eigenvalue weighted by molar-refractivity contribution is -0.385. The first kappa shape index (κ1) is 15.4. The van der Waals surface area contributed by atoms with Gasteiger partial charge in [-0.3, -0.25) is 10.1 Å². The lowest BCUT2D eigenvalue weighted by Crippen LogP contribution is -2.43. The monoisotopic (exact) mass is 295 g/mol. The predicted octanol–water partition coefficient (Wildman–Crippen LogP) is 1.33. The Bertz CT molecular complexity index is 537. The first-order valence-corrected chi connectivity index (χ1v) is 7.14. The summed E-state index contributed by atoms with van der Waals surface area (Å²) in [6.45, 7) is 7.12. The molecule has 8 heteroatoms. The normalized spacial score (nSPS) is 22.2. The Balaban J connectivity index is 2.42. The highest BCUT2D eigenvalue weighted by molar-refractivity contribution is 5.62. The van der Waals surface area contributed by atoms with E-state index >= 15 is 0 Å². The highest BCUT2D eigenvalue weighted by Crippen LogP contribution is 2.32. The largest absolute Gasteiger partial charge is 0.391 e. The number of nitrogens with one attached hydrogen (secondary N) is 1. The van der Waals surface area contributed by atoms with Gasteiger partial charge in [0.2, 0.25) is 11.8 Å². The summed E-state index contributed by atoms with van der Waals surface area (Å²) in [5, 5.41) is 24.3. The molecule has 8 nitrogen and oxygen atoms in total. The van der Waals surface area contributed by atoms with E-state index in [0.29, 0.717) is 31.3 Å². The number of aliphatic hydroxyl groups excluding tert-OH is 1. The Morgan fingerprint density at radius 1 is 1.52 bits per heavy atom. The molecule has 1 saturated heterocycles. The summed E-state index contributed by atoms with van der Waals surface area (Å²) < 4.78 is 0. The van der Waals surface area contributed by atoms with E-state index in [9.17, 15) is 15.2 Å². The van der Waals surface area contributed by atoms with E-state index in [-0.39, 0.29) is 17.4 Å². The third kappa shape index (κ3) is 3.21. The van der Waals surface area contributed by atoms with Crippen LogP contribution in [-0.4, -0.2) is 45.7 Å². The van der Waals surface area contributed by atoms with E-state index in [1.807, 2.05) is 13.8 Å². The molecule has 0 radical (unpaired) electrons. The number of aryl methyl sites for hydroxylation is 1. The second kappa shape index (κ2) is 6.21. The van der Waals surface area contributed by atoms with Crippen LogP contribution in [0.4, 0.5) is 17.5 Å². The molecule has 1 aliphatic heterocycles. The van der Waals surface area contributed by atoms with Gasteiger partial charge in [0, 0.05) is 19.6 Å². The molecule has 0 amide bonds. The van der Waals surface area contributed by atoms with Gasteiger partial charge in [0.1, 0.15) is 5.69 Å². The number of aliphatic hydroxyl groups is 1. The van der Waals surface area contributed by atoms with Crippen molar-refractivity contribution in [1.82, 2.24) is 9.97 Å². The Morgan fingerprint density at radius 3 is 2.81 bits per heavy atom. The van der Waals surface area contributed by atoms with Gasteiger partial charge in [-0.1, -0.05) is 6.92 Å². The maximum absolute atomic E-state index is 11.3. The van der Waals surface area contributed by atoms with Gasteiger partial charge in [-0.2, -0.15) is 4.98 Å². The first-order valence-electron chi connectivity index (χ1n) is 7.14. The highest BCUT2D eigenvalue weighted by Gasteiger charge is 2.31. The molecule has 0 spiro atoms. The Hall–Kier alpha value is -1.96. The van der Waals surface area contributed by atoms with Crippen LogP contribution in [0.2, 0.25) is 0 Å². The Kier molecular flexibility index (Phi) is 4.56. The predicted molar refractivity (Wildman–Crippen MR) is 79.6 cm³/mol. The molecule has 2 rings (SSSR count). The third-order valence-electron chi connectivity index (χ3n) is 3.78. The minimum absolute atomic E-state index is 0.0848. The minimum Gasteiger partial charge on any atom is -0.391 e. The second-order valence-electron chi connectivity index (χ2n) is 5.37. The molecule has 2 unspecified atom stereocenters. The maximum Gasteiger partial charge on any atom is 0.332 e. The quantitative estimate of drug-likeness (QED) is 0.637. The zero-order valence-electron chi connectivity index (χ0n) is 12.5. The maximum atomic E-state index is 11.3. The van der Waals surface area contributed by atoms with Crippen LogP contribution < -0.4 is 10.2 Å². The molecule has 2 N–H and O–H groups in total. The minimum atomic E-state index is -0.504. The summed E-state index contributed by atoms with van der Waals surface area (Å²) in [6.07, 6.45) is 0.272. The Morgan fingerprint density at radius 2 is 2.24 bits per heavy atom. The number of aromatic nitrogens is 2. The van der Waals surface area contributed by atoms with Crippen LogP contribution in [0.3, 0.4) is 0 Å². The number of piperidine rings is 1. The zero-order chi connectivity index (χ0) is 15.6. The molecule has 1 aromatic rings. The number of β-amino-alcohol motifs (C(OH)–C–C–N with tert-alkyl or cyclic N) is 1. The van der Waals surface area contributed by atoms with Crippen LogP contribution in [0.15, 0.2) is 0 Å². The number of nitro groups is 1. The van der Waals surface area contributed by atoms with Crippen molar-refractivity contribution in [2.45, 2.75) is 33.3 Å². The summed E-state index contributed by atoms with van der Waals surface area (Å²) in [7, 11) is 0. The fourth-order valence-electron chi connectivity index (χ4n) is 2.46. The second-order valence-corrected chi connectivity index (χ2v) is 5.37. The van der Waals surface area contributed by atoms with Gasteiger partial charge in [0.25, 0.3) is 0 Å². The molecule has 0 aliphatic carbocycles. The van der Waals surface area contributed by atoms with Crippen LogP contribution in [-0.2, 0) is 0 Å². The highest BCUT2D eigenvalue weighted by atomic mass is 16.6. The average molecular weight is 295 g/mol. The summed E-state index contributed by atoms with van der Waals surface area (Å²) in [4.78, 5) is 21.0. The van der Waals surface area contributed by atoms with Crippen LogP contribution in [0.1, 0.15) is 26.0 Å². The van der Waals surface area contributed by atoms with Crippen molar-refractivity contribution in [3.8, 4) is 0 Å². The van der Waals surface area contributed by atoms with Gasteiger partial charge < -0.3 is 15.3 Å². The molecular formula is C13H21N5O3. The fourth-order valence-corrected chi connectivity index (χ4v) is 2.46. The molecule has 0 saturated carbocycles. The number of nitrogens with zero attached hydrogens (tertiary/aromatic N) is 4. The SMILES string of the molecule is CCNc1nc(C)c([N+](=O)[O-])c(N2CCC(C)C(O)C2)n1. The molecular weight excluding hydrogens is 274 g/mol. The van der Waals surface area contributed by atoms with Crippen molar-refractivity contribution in [1.29, 1.82) is 0 Å². The molecule has 1 fully saturated rings. The van der Waals surface area contributed by atoms with Gasteiger partial charge in [-0.15, -0.1) is 0 Å². The van der Waals surface area contributed by atoms with E-state index < -0.39 is 11.0 Å². The summed E-state index contributed by atoms with van der Waals surface area (Å²) in [6, 6.07) is 0. The number of rotatable bonds is 4. The van der Waals surface area contributed by atoms with Crippen molar-refractivity contribution in [2.75, 3.05) is 29.9 Å². The first-order chi connectivity index (χ1) is 9.93. The molecule has 0 bridgehead atoms. The summed E-state index contributed by atoms with van der Waals surface area (Å²) in [5.41, 5.74) is 0.243. The van der Waals surface area contributed by atoms with Crippen molar-refractivity contribution in [3.05, 3.63) is 15.8 Å². The lowest BCUT2D eigenvalue weighted by atomic mass is 9.96. The molecule has 1 aromatic heterocycles. The van der Waals surface area contributed by atoms with E-state index in [2.05, 4.69) is 15.3 Å². The van der Waals surface area contributed by atoms with Gasteiger partial charge >= 0.3 is 5.69 Å². The van der Waals surface area contributed by atoms with E-state index in [1.165, 1.54) is 0 Å². The summed E-state index contributed by atoms with van der Waals surface area (Å²) >= 11 is 0.